The number of carboxylic acid groups (broad SMARTS) is 1. The fourth-order valence-electron chi connectivity index (χ4n) is 2.31. The van der Waals surface area contributed by atoms with Crippen LogP contribution in [0.2, 0.25) is 0 Å². The third kappa shape index (κ3) is 3.82. The minimum atomic E-state index is -1.04. The van der Waals surface area contributed by atoms with Crippen molar-refractivity contribution < 1.29 is 19.4 Å². The van der Waals surface area contributed by atoms with E-state index in [9.17, 15) is 9.59 Å². The van der Waals surface area contributed by atoms with Gasteiger partial charge in [0.2, 0.25) is 5.91 Å². The van der Waals surface area contributed by atoms with E-state index in [0.29, 0.717) is 19.7 Å². The van der Waals surface area contributed by atoms with Gasteiger partial charge in [-0.05, 0) is 19.4 Å². The summed E-state index contributed by atoms with van der Waals surface area (Å²) < 4.78 is 5.71. The van der Waals surface area contributed by atoms with Gasteiger partial charge in [-0.25, -0.2) is 0 Å². The lowest BCUT2D eigenvalue weighted by Gasteiger charge is -2.34. The second-order valence-electron chi connectivity index (χ2n) is 5.98. The predicted molar refractivity (Wildman–Crippen MR) is 77.7 cm³/mol. The fraction of sp³-hybridized carbons (Fsp3) is 0.500. The number of benzene rings is 1. The molecule has 5 nitrogen and oxygen atoms in total. The van der Waals surface area contributed by atoms with Crippen LogP contribution in [0.25, 0.3) is 0 Å². The van der Waals surface area contributed by atoms with Crippen LogP contribution in [0.15, 0.2) is 30.3 Å². The second-order valence-corrected chi connectivity index (χ2v) is 5.98. The normalized spacial score (nSPS) is 19.3. The van der Waals surface area contributed by atoms with Gasteiger partial charge in [0, 0.05) is 13.0 Å². The van der Waals surface area contributed by atoms with Gasteiger partial charge in [-0.1, -0.05) is 30.3 Å². The quantitative estimate of drug-likeness (QED) is 0.922. The van der Waals surface area contributed by atoms with Gasteiger partial charge >= 0.3 is 5.97 Å². The standard InChI is InChI=1S/C16H21NO4/c1-16(2,15(19)20)10-14(18)17-8-9-21-13(11-17)12-6-4-3-5-7-12/h3-7,13H,8-11H2,1-2H3,(H,19,20). The third-order valence-corrected chi connectivity index (χ3v) is 3.76. The molecule has 1 saturated heterocycles. The van der Waals surface area contributed by atoms with Crippen LogP contribution in [-0.2, 0) is 14.3 Å². The molecule has 0 bridgehead atoms. The number of hydrogen-bond donors (Lipinski definition) is 1. The molecule has 21 heavy (non-hydrogen) atoms. The van der Waals surface area contributed by atoms with Gasteiger partial charge in [0.05, 0.1) is 18.6 Å². The number of ether oxygens (including phenoxy) is 1. The molecule has 1 aliphatic rings. The Labute approximate surface area is 124 Å². The van der Waals surface area contributed by atoms with E-state index in [1.807, 2.05) is 30.3 Å². The molecule has 5 heteroatoms. The summed E-state index contributed by atoms with van der Waals surface area (Å²) in [6.45, 7) is 4.60. The summed E-state index contributed by atoms with van der Waals surface area (Å²) in [5.74, 6) is -1.09. The Hall–Kier alpha value is -1.88. The molecule has 0 aliphatic carbocycles. The van der Waals surface area contributed by atoms with Crippen molar-refractivity contribution in [2.45, 2.75) is 26.4 Å². The molecule has 1 aliphatic heterocycles. The van der Waals surface area contributed by atoms with Crippen molar-refractivity contribution >= 4 is 11.9 Å². The van der Waals surface area contributed by atoms with Crippen molar-refractivity contribution in [1.29, 1.82) is 0 Å². The second kappa shape index (κ2) is 6.26. The highest BCUT2D eigenvalue weighted by atomic mass is 16.5. The van der Waals surface area contributed by atoms with Crippen molar-refractivity contribution in [3.05, 3.63) is 35.9 Å². The molecule has 1 heterocycles. The molecule has 114 valence electrons. The highest BCUT2D eigenvalue weighted by Crippen LogP contribution is 2.26. The zero-order valence-electron chi connectivity index (χ0n) is 12.4. The van der Waals surface area contributed by atoms with Crippen LogP contribution >= 0.6 is 0 Å². The molecule has 1 amide bonds. The Morgan fingerprint density at radius 1 is 1.33 bits per heavy atom. The minimum Gasteiger partial charge on any atom is -0.481 e. The van der Waals surface area contributed by atoms with E-state index in [2.05, 4.69) is 0 Å². The summed E-state index contributed by atoms with van der Waals surface area (Å²) in [7, 11) is 0. The van der Waals surface area contributed by atoms with E-state index in [4.69, 9.17) is 9.84 Å². The number of hydrogen-bond acceptors (Lipinski definition) is 3. The SMILES string of the molecule is CC(C)(CC(=O)N1CCOC(c2ccccc2)C1)C(=O)O. The van der Waals surface area contributed by atoms with Crippen LogP contribution in [0.5, 0.6) is 0 Å². The molecule has 0 aromatic heterocycles. The fourth-order valence-corrected chi connectivity index (χ4v) is 2.31. The molecular formula is C16H21NO4. The van der Waals surface area contributed by atoms with Gasteiger partial charge in [-0.15, -0.1) is 0 Å². The lowest BCUT2D eigenvalue weighted by Crippen LogP contribution is -2.44. The number of aliphatic carboxylic acids is 1. The molecule has 1 fully saturated rings. The molecule has 1 aromatic rings. The van der Waals surface area contributed by atoms with E-state index < -0.39 is 11.4 Å². The Morgan fingerprint density at radius 2 is 2.00 bits per heavy atom. The molecule has 2 rings (SSSR count). The van der Waals surface area contributed by atoms with Crippen LogP contribution < -0.4 is 0 Å². The maximum atomic E-state index is 12.3. The highest BCUT2D eigenvalue weighted by Gasteiger charge is 2.34. The van der Waals surface area contributed by atoms with E-state index in [1.165, 1.54) is 0 Å². The molecule has 0 saturated carbocycles. The van der Waals surface area contributed by atoms with Crippen molar-refractivity contribution in [2.24, 2.45) is 5.41 Å². The first-order valence-corrected chi connectivity index (χ1v) is 7.08. The predicted octanol–water partition coefficient (Wildman–Crippen LogP) is 2.09. The summed E-state index contributed by atoms with van der Waals surface area (Å²) in [6, 6.07) is 9.75. The van der Waals surface area contributed by atoms with Gasteiger partial charge in [0.1, 0.15) is 6.10 Å². The monoisotopic (exact) mass is 291 g/mol. The zero-order valence-corrected chi connectivity index (χ0v) is 12.4. The summed E-state index contributed by atoms with van der Waals surface area (Å²) >= 11 is 0. The summed E-state index contributed by atoms with van der Waals surface area (Å²) in [6.07, 6.45) is -0.138. The lowest BCUT2D eigenvalue weighted by atomic mass is 9.89. The Bertz CT molecular complexity index is 512. The minimum absolute atomic E-state index is 0.00381. The first-order valence-electron chi connectivity index (χ1n) is 7.08. The Kier molecular flexibility index (Phi) is 4.63. The van der Waals surface area contributed by atoms with Gasteiger partial charge in [0.25, 0.3) is 0 Å². The first-order chi connectivity index (χ1) is 9.90. The average molecular weight is 291 g/mol. The molecule has 0 radical (unpaired) electrons. The number of nitrogens with zero attached hydrogens (tertiary/aromatic N) is 1. The van der Waals surface area contributed by atoms with Crippen LogP contribution in [0.3, 0.4) is 0 Å². The average Bonchev–Trinajstić information content (AvgIpc) is 2.47. The maximum Gasteiger partial charge on any atom is 0.309 e. The molecular weight excluding hydrogens is 270 g/mol. The topological polar surface area (TPSA) is 66.8 Å². The largest absolute Gasteiger partial charge is 0.481 e. The van der Waals surface area contributed by atoms with Crippen LogP contribution in [0.4, 0.5) is 0 Å². The van der Waals surface area contributed by atoms with Gasteiger partial charge in [0.15, 0.2) is 0 Å². The van der Waals surface area contributed by atoms with Crippen molar-refractivity contribution in [1.82, 2.24) is 4.90 Å². The Morgan fingerprint density at radius 3 is 2.62 bits per heavy atom. The molecule has 1 aromatic carbocycles. The zero-order chi connectivity index (χ0) is 15.5. The summed E-state index contributed by atoms with van der Waals surface area (Å²) in [5.41, 5.74) is -0.00930. The van der Waals surface area contributed by atoms with Crippen molar-refractivity contribution in [2.75, 3.05) is 19.7 Å². The van der Waals surface area contributed by atoms with E-state index in [1.54, 1.807) is 18.7 Å². The van der Waals surface area contributed by atoms with Crippen LogP contribution in [-0.4, -0.2) is 41.6 Å². The lowest BCUT2D eigenvalue weighted by molar-refractivity contribution is -0.153. The molecule has 1 unspecified atom stereocenters. The van der Waals surface area contributed by atoms with Gasteiger partial charge < -0.3 is 14.7 Å². The number of amides is 1. The first kappa shape index (κ1) is 15.5. The summed E-state index contributed by atoms with van der Waals surface area (Å²) in [5, 5.41) is 9.12. The molecule has 1 atom stereocenters. The van der Waals surface area contributed by atoms with E-state index in [-0.39, 0.29) is 18.4 Å². The smallest absolute Gasteiger partial charge is 0.309 e. The Balaban J connectivity index is 2.01. The third-order valence-electron chi connectivity index (χ3n) is 3.76. The van der Waals surface area contributed by atoms with Crippen LogP contribution in [0.1, 0.15) is 31.9 Å². The number of carbonyl (C=O) groups excluding carboxylic acids is 1. The van der Waals surface area contributed by atoms with E-state index >= 15 is 0 Å². The maximum absolute atomic E-state index is 12.3. The number of rotatable bonds is 4. The molecule has 1 N–H and O–H groups in total. The van der Waals surface area contributed by atoms with Gasteiger partial charge in [-0.2, -0.15) is 0 Å². The number of carboxylic acids is 1. The highest BCUT2D eigenvalue weighted by molar-refractivity contribution is 5.84. The number of carbonyl (C=O) groups is 2. The molecule has 0 spiro atoms. The summed E-state index contributed by atoms with van der Waals surface area (Å²) in [4.78, 5) is 25.1. The van der Waals surface area contributed by atoms with Crippen molar-refractivity contribution in [3.8, 4) is 0 Å². The van der Waals surface area contributed by atoms with E-state index in [0.717, 1.165) is 5.56 Å². The van der Waals surface area contributed by atoms with Crippen LogP contribution in [0, 0.1) is 5.41 Å². The van der Waals surface area contributed by atoms with Gasteiger partial charge in [-0.3, -0.25) is 9.59 Å². The number of morpholine rings is 1. The van der Waals surface area contributed by atoms with Crippen molar-refractivity contribution in [3.63, 3.8) is 0 Å².